The van der Waals surface area contributed by atoms with E-state index in [0.29, 0.717) is 26.4 Å². The summed E-state index contributed by atoms with van der Waals surface area (Å²) >= 11 is 7.91. The van der Waals surface area contributed by atoms with Gasteiger partial charge in [-0.2, -0.15) is 10.2 Å². The Balaban J connectivity index is 2.30. The molecule has 2 rings (SSSR count). The molecule has 7 nitrogen and oxygen atoms in total. The third-order valence-corrected chi connectivity index (χ3v) is 4.50. The number of hydrogen-bond donors (Lipinski definition) is 1. The summed E-state index contributed by atoms with van der Waals surface area (Å²) in [4.78, 5) is 24.5. The number of nitrogens with zero attached hydrogens (tertiary/aromatic N) is 5. The van der Waals surface area contributed by atoms with E-state index in [9.17, 15) is 4.79 Å². The number of rotatable bonds is 5. The molecule has 23 heavy (non-hydrogen) atoms. The maximum atomic E-state index is 12.3. The quantitative estimate of drug-likeness (QED) is 0.690. The lowest BCUT2D eigenvalue weighted by Gasteiger charge is -2.26. The smallest absolute Gasteiger partial charge is 0.267 e. The predicted octanol–water partition coefficient (Wildman–Crippen LogP) is 3.14. The van der Waals surface area contributed by atoms with Crippen LogP contribution in [0.25, 0.3) is 0 Å². The molecule has 2 aromatic rings. The van der Waals surface area contributed by atoms with E-state index >= 15 is 0 Å². The van der Waals surface area contributed by atoms with Gasteiger partial charge in [-0.05, 0) is 37.8 Å². The molecule has 0 atom stereocenters. The number of nitriles is 1. The Morgan fingerprint density at radius 1 is 1.48 bits per heavy atom. The van der Waals surface area contributed by atoms with E-state index in [-0.39, 0.29) is 17.6 Å². The molecule has 120 valence electrons. The van der Waals surface area contributed by atoms with Crippen LogP contribution in [0.1, 0.15) is 30.2 Å². The maximum absolute atomic E-state index is 12.3. The largest absolute Gasteiger partial charge is 0.289 e. The molecule has 0 unspecified atom stereocenters. The summed E-state index contributed by atoms with van der Waals surface area (Å²) < 4.78 is 1.21. The number of aromatic nitrogens is 3. The summed E-state index contributed by atoms with van der Waals surface area (Å²) in [5.41, 5.74) is 3.08. The first-order valence-corrected chi connectivity index (χ1v) is 8.99. The maximum Gasteiger partial charge on any atom is 0.289 e. The van der Waals surface area contributed by atoms with Crippen molar-refractivity contribution in [2.75, 3.05) is 11.6 Å². The number of hydrogen-bond acceptors (Lipinski definition) is 7. The normalized spacial score (nSPS) is 10.4. The lowest BCUT2D eigenvalue weighted by Crippen LogP contribution is -2.45. The summed E-state index contributed by atoms with van der Waals surface area (Å²) in [6, 6.07) is 1.89. The van der Waals surface area contributed by atoms with Gasteiger partial charge >= 0.3 is 0 Å². The van der Waals surface area contributed by atoms with Crippen molar-refractivity contribution in [3.05, 3.63) is 31.5 Å². The number of thiazole rings is 1. The number of amides is 1. The van der Waals surface area contributed by atoms with Crippen molar-refractivity contribution >= 4 is 54.9 Å². The highest BCUT2D eigenvalue weighted by Crippen LogP contribution is 2.23. The second-order valence-corrected chi connectivity index (χ2v) is 7.90. The van der Waals surface area contributed by atoms with E-state index in [1.807, 2.05) is 19.9 Å². The number of nitrogens with one attached hydrogen (secondary N) is 1. The highest BCUT2D eigenvalue weighted by Gasteiger charge is 2.19. The number of carbonyl (C=O) groups excluding carboxylic acids is 1. The van der Waals surface area contributed by atoms with E-state index in [1.54, 1.807) is 10.4 Å². The van der Waals surface area contributed by atoms with Gasteiger partial charge in [-0.25, -0.2) is 9.97 Å². The lowest BCUT2D eigenvalue weighted by molar-refractivity contribution is 0.0943. The summed E-state index contributed by atoms with van der Waals surface area (Å²) in [6.07, 6.45) is 1.49. The van der Waals surface area contributed by atoms with Crippen LogP contribution in [0, 0.1) is 17.2 Å². The summed E-state index contributed by atoms with van der Waals surface area (Å²) in [5.74, 6) is 0.358. The minimum Gasteiger partial charge on any atom is -0.267 e. The molecule has 1 N–H and O–H groups in total. The van der Waals surface area contributed by atoms with Crippen LogP contribution in [0.2, 0.25) is 0 Å². The molecule has 0 aromatic carbocycles. The first kappa shape index (κ1) is 17.8. The summed E-state index contributed by atoms with van der Waals surface area (Å²) in [5, 5.41) is 12.2. The Bertz CT molecular complexity index is 757. The highest BCUT2D eigenvalue weighted by atomic mass is 79.9. The van der Waals surface area contributed by atoms with Gasteiger partial charge in [0.25, 0.3) is 5.91 Å². The van der Waals surface area contributed by atoms with Gasteiger partial charge in [0.2, 0.25) is 5.82 Å². The number of hydrazine groups is 1. The molecular weight excluding hydrogens is 448 g/mol. The van der Waals surface area contributed by atoms with Gasteiger partial charge in [0.05, 0.1) is 4.47 Å². The molecule has 2 aromatic heterocycles. The molecule has 1 amide bonds. The Morgan fingerprint density at radius 3 is 2.78 bits per heavy atom. The second-order valence-electron chi connectivity index (χ2n) is 4.91. The van der Waals surface area contributed by atoms with Crippen molar-refractivity contribution < 1.29 is 4.79 Å². The third-order valence-electron chi connectivity index (χ3n) is 2.57. The molecule has 0 saturated carbocycles. The fourth-order valence-electron chi connectivity index (χ4n) is 1.69. The van der Waals surface area contributed by atoms with E-state index in [2.05, 4.69) is 52.2 Å². The first-order chi connectivity index (χ1) is 10.9. The van der Waals surface area contributed by atoms with E-state index in [1.165, 1.54) is 17.5 Å². The molecule has 0 saturated heterocycles. The third kappa shape index (κ3) is 4.70. The Kier molecular flexibility index (Phi) is 6.04. The zero-order valence-electron chi connectivity index (χ0n) is 12.2. The monoisotopic (exact) mass is 458 g/mol. The van der Waals surface area contributed by atoms with Crippen molar-refractivity contribution in [2.45, 2.75) is 13.8 Å². The van der Waals surface area contributed by atoms with Crippen molar-refractivity contribution in [1.82, 2.24) is 20.4 Å². The van der Waals surface area contributed by atoms with E-state index in [0.717, 1.165) is 0 Å². The number of anilines is 1. The van der Waals surface area contributed by atoms with Crippen LogP contribution >= 0.6 is 43.2 Å². The zero-order valence-corrected chi connectivity index (χ0v) is 16.2. The van der Waals surface area contributed by atoms with Crippen LogP contribution in [0.4, 0.5) is 5.82 Å². The van der Waals surface area contributed by atoms with Gasteiger partial charge in [-0.1, -0.05) is 13.8 Å². The Morgan fingerprint density at radius 2 is 2.22 bits per heavy atom. The van der Waals surface area contributed by atoms with Gasteiger partial charge in [0.15, 0.2) is 9.73 Å². The number of halogens is 2. The molecule has 0 aliphatic carbocycles. The van der Waals surface area contributed by atoms with Crippen molar-refractivity contribution in [3.8, 4) is 6.07 Å². The molecule has 0 aliphatic heterocycles. The summed E-state index contributed by atoms with van der Waals surface area (Å²) in [6.45, 7) is 4.54. The Labute approximate surface area is 154 Å². The van der Waals surface area contributed by atoms with E-state index in [4.69, 9.17) is 5.26 Å². The molecule has 10 heteroatoms. The van der Waals surface area contributed by atoms with Gasteiger partial charge in [0, 0.05) is 18.1 Å². The summed E-state index contributed by atoms with van der Waals surface area (Å²) in [7, 11) is 0. The van der Waals surface area contributed by atoms with Crippen molar-refractivity contribution in [3.63, 3.8) is 0 Å². The zero-order chi connectivity index (χ0) is 17.0. The van der Waals surface area contributed by atoms with Crippen LogP contribution in [-0.2, 0) is 0 Å². The molecule has 0 spiro atoms. The lowest BCUT2D eigenvalue weighted by atomic mass is 10.2. The standard InChI is InChI=1S/C13H12Br2N6OS/c1-7(2)5-21(11-8(14)4-17-10(3-16)19-11)20-12(22)9-6-23-13(15)18-9/h4,6-7H,5H2,1-2H3,(H,20,22). The van der Waals surface area contributed by atoms with Crippen LogP contribution in [0.3, 0.4) is 0 Å². The van der Waals surface area contributed by atoms with Crippen molar-refractivity contribution in [2.24, 2.45) is 5.92 Å². The minimum atomic E-state index is -0.350. The van der Waals surface area contributed by atoms with Crippen molar-refractivity contribution in [1.29, 1.82) is 5.26 Å². The van der Waals surface area contributed by atoms with Gasteiger partial charge in [-0.15, -0.1) is 11.3 Å². The van der Waals surface area contributed by atoms with E-state index < -0.39 is 0 Å². The van der Waals surface area contributed by atoms with Gasteiger partial charge < -0.3 is 0 Å². The SMILES string of the molecule is CC(C)CN(NC(=O)c1csc(Br)n1)c1nc(C#N)ncc1Br. The first-order valence-electron chi connectivity index (χ1n) is 6.53. The number of carbonyl (C=O) groups is 1. The molecular formula is C13H12Br2N6OS. The van der Waals surface area contributed by atoms with Gasteiger partial charge in [0.1, 0.15) is 11.8 Å². The van der Waals surface area contributed by atoms with Gasteiger partial charge in [-0.3, -0.25) is 15.2 Å². The molecule has 0 bridgehead atoms. The fourth-order valence-corrected chi connectivity index (χ4v) is 3.08. The molecule has 2 heterocycles. The topological polar surface area (TPSA) is 94.8 Å². The fraction of sp³-hybridized carbons (Fsp3) is 0.308. The average molecular weight is 460 g/mol. The molecule has 0 aliphatic rings. The van der Waals surface area contributed by atoms with Crippen LogP contribution in [0.15, 0.2) is 20.0 Å². The van der Waals surface area contributed by atoms with Crippen LogP contribution in [0.5, 0.6) is 0 Å². The Hall–Kier alpha value is -1.57. The highest BCUT2D eigenvalue weighted by molar-refractivity contribution is 9.11. The average Bonchev–Trinajstić information content (AvgIpc) is 2.93. The van der Waals surface area contributed by atoms with Crippen LogP contribution in [-0.4, -0.2) is 27.4 Å². The molecule has 0 fully saturated rings. The van der Waals surface area contributed by atoms with Crippen LogP contribution < -0.4 is 10.4 Å². The minimum absolute atomic E-state index is 0.0302. The predicted molar refractivity (Wildman–Crippen MR) is 93.9 cm³/mol. The second kappa shape index (κ2) is 7.81. The molecule has 0 radical (unpaired) electrons.